The first-order valence-electron chi connectivity index (χ1n) is 5.95. The summed E-state index contributed by atoms with van der Waals surface area (Å²) in [6.07, 6.45) is 1.49. The lowest BCUT2D eigenvalue weighted by Crippen LogP contribution is -1.97. The molecule has 0 unspecified atom stereocenters. The molecule has 3 rings (SSSR count). The number of rotatable bonds is 3. The molecule has 3 aromatic rings. The number of thiazole rings is 1. The Morgan fingerprint density at radius 2 is 1.90 bits per heavy atom. The van der Waals surface area contributed by atoms with Gasteiger partial charge in [0.2, 0.25) is 0 Å². The fourth-order valence-electron chi connectivity index (χ4n) is 1.81. The molecule has 1 N–H and O–H groups in total. The number of pyridine rings is 1. The lowest BCUT2D eigenvalue weighted by Gasteiger charge is -1.98. The summed E-state index contributed by atoms with van der Waals surface area (Å²) in [6, 6.07) is 12.8. The van der Waals surface area contributed by atoms with E-state index in [1.807, 2.05) is 35.7 Å². The summed E-state index contributed by atoms with van der Waals surface area (Å²) >= 11 is 1.45. The Labute approximate surface area is 119 Å². The maximum Gasteiger partial charge on any atom is 0.335 e. The molecule has 0 spiro atoms. The molecule has 0 fully saturated rings. The second kappa shape index (κ2) is 5.22. The van der Waals surface area contributed by atoms with Gasteiger partial charge in [0.15, 0.2) is 0 Å². The van der Waals surface area contributed by atoms with Crippen LogP contribution in [0.1, 0.15) is 10.4 Å². The van der Waals surface area contributed by atoms with Crippen LogP contribution < -0.4 is 0 Å². The van der Waals surface area contributed by atoms with E-state index in [9.17, 15) is 4.79 Å². The number of aromatic nitrogens is 2. The fourth-order valence-corrected chi connectivity index (χ4v) is 2.61. The Balaban J connectivity index is 1.98. The molecule has 0 aliphatic heterocycles. The summed E-state index contributed by atoms with van der Waals surface area (Å²) in [5, 5.41) is 11.7. The number of carboxylic acid groups (broad SMARTS) is 1. The summed E-state index contributed by atoms with van der Waals surface area (Å²) in [7, 11) is 0. The van der Waals surface area contributed by atoms with E-state index in [2.05, 4.69) is 9.97 Å². The van der Waals surface area contributed by atoms with Gasteiger partial charge in [-0.3, -0.25) is 4.98 Å². The van der Waals surface area contributed by atoms with Gasteiger partial charge in [-0.05, 0) is 12.1 Å². The van der Waals surface area contributed by atoms with Crippen LogP contribution in [0.25, 0.3) is 22.0 Å². The number of hydrogen-bond acceptors (Lipinski definition) is 4. The van der Waals surface area contributed by atoms with Gasteiger partial charge in [-0.2, -0.15) is 0 Å². The van der Waals surface area contributed by atoms with Crippen LogP contribution in [0.2, 0.25) is 0 Å². The Bertz CT molecular complexity index is 753. The average Bonchev–Trinajstić information content (AvgIpc) is 2.98. The SMILES string of the molecule is O=C(O)c1ccnc(-c2nc(-c3ccccc3)cs2)c1. The largest absolute Gasteiger partial charge is 0.478 e. The Morgan fingerprint density at radius 1 is 1.10 bits per heavy atom. The van der Waals surface area contributed by atoms with E-state index in [4.69, 9.17) is 5.11 Å². The third-order valence-electron chi connectivity index (χ3n) is 2.80. The number of hydrogen-bond donors (Lipinski definition) is 1. The van der Waals surface area contributed by atoms with Crippen molar-refractivity contribution < 1.29 is 9.90 Å². The van der Waals surface area contributed by atoms with Crippen LogP contribution in [0.3, 0.4) is 0 Å². The minimum absolute atomic E-state index is 0.214. The highest BCUT2D eigenvalue weighted by molar-refractivity contribution is 7.13. The molecule has 0 aliphatic rings. The molecule has 98 valence electrons. The van der Waals surface area contributed by atoms with E-state index >= 15 is 0 Å². The third kappa shape index (κ3) is 2.44. The highest BCUT2D eigenvalue weighted by Crippen LogP contribution is 2.27. The van der Waals surface area contributed by atoms with E-state index in [-0.39, 0.29) is 5.56 Å². The van der Waals surface area contributed by atoms with Gasteiger partial charge in [-0.25, -0.2) is 9.78 Å². The molecule has 20 heavy (non-hydrogen) atoms. The fraction of sp³-hybridized carbons (Fsp3) is 0. The van der Waals surface area contributed by atoms with Crippen molar-refractivity contribution in [1.29, 1.82) is 0 Å². The molecular formula is C15H10N2O2S. The topological polar surface area (TPSA) is 63.1 Å². The van der Waals surface area contributed by atoms with E-state index < -0.39 is 5.97 Å². The van der Waals surface area contributed by atoms with Crippen molar-refractivity contribution in [2.75, 3.05) is 0 Å². The smallest absolute Gasteiger partial charge is 0.335 e. The number of carboxylic acids is 1. The highest BCUT2D eigenvalue weighted by Gasteiger charge is 2.10. The van der Waals surface area contributed by atoms with Crippen LogP contribution in [0.5, 0.6) is 0 Å². The minimum atomic E-state index is -0.964. The van der Waals surface area contributed by atoms with E-state index in [1.54, 1.807) is 0 Å². The predicted molar refractivity (Wildman–Crippen MR) is 77.7 cm³/mol. The molecule has 5 heteroatoms. The molecule has 4 nitrogen and oxygen atoms in total. The average molecular weight is 282 g/mol. The van der Waals surface area contributed by atoms with Gasteiger partial charge >= 0.3 is 5.97 Å². The second-order valence-corrected chi connectivity index (χ2v) is 5.00. The molecule has 2 aromatic heterocycles. The predicted octanol–water partition coefficient (Wildman–Crippen LogP) is 3.57. The molecule has 0 saturated carbocycles. The standard InChI is InChI=1S/C15H10N2O2S/c18-15(19)11-6-7-16-12(8-11)14-17-13(9-20-14)10-4-2-1-3-5-10/h1-9H,(H,18,19). The van der Waals surface area contributed by atoms with Crippen molar-refractivity contribution in [3.63, 3.8) is 0 Å². The van der Waals surface area contributed by atoms with Gasteiger partial charge in [0.05, 0.1) is 17.0 Å². The molecule has 0 amide bonds. The maximum absolute atomic E-state index is 11.0. The number of benzene rings is 1. The molecule has 0 saturated heterocycles. The van der Waals surface area contributed by atoms with Gasteiger partial charge in [-0.1, -0.05) is 30.3 Å². The zero-order chi connectivity index (χ0) is 13.9. The van der Waals surface area contributed by atoms with E-state index in [1.165, 1.54) is 29.7 Å². The molecule has 0 bridgehead atoms. The lowest BCUT2D eigenvalue weighted by atomic mass is 10.2. The first kappa shape index (κ1) is 12.5. The first-order valence-corrected chi connectivity index (χ1v) is 6.82. The molecule has 0 atom stereocenters. The monoisotopic (exact) mass is 282 g/mol. The summed E-state index contributed by atoms with van der Waals surface area (Å²) < 4.78 is 0. The van der Waals surface area contributed by atoms with Crippen molar-refractivity contribution in [1.82, 2.24) is 9.97 Å². The molecule has 2 heterocycles. The first-order chi connectivity index (χ1) is 9.74. The molecule has 0 radical (unpaired) electrons. The van der Waals surface area contributed by atoms with Crippen LogP contribution in [0.4, 0.5) is 0 Å². The van der Waals surface area contributed by atoms with Crippen LogP contribution in [0.15, 0.2) is 54.0 Å². The Morgan fingerprint density at radius 3 is 2.65 bits per heavy atom. The quantitative estimate of drug-likeness (QED) is 0.797. The summed E-state index contributed by atoms with van der Waals surface area (Å²) in [4.78, 5) is 19.7. The Hall–Kier alpha value is -2.53. The summed E-state index contributed by atoms with van der Waals surface area (Å²) in [6.45, 7) is 0. The number of aromatic carboxylic acids is 1. The zero-order valence-corrected chi connectivity index (χ0v) is 11.2. The number of nitrogens with zero attached hydrogens (tertiary/aromatic N) is 2. The van der Waals surface area contributed by atoms with Gasteiger partial charge in [0.25, 0.3) is 0 Å². The van der Waals surface area contributed by atoms with Gasteiger partial charge in [-0.15, -0.1) is 11.3 Å². The number of carbonyl (C=O) groups is 1. The van der Waals surface area contributed by atoms with Crippen LogP contribution in [-0.2, 0) is 0 Å². The van der Waals surface area contributed by atoms with Crippen molar-refractivity contribution in [3.8, 4) is 22.0 Å². The summed E-state index contributed by atoms with van der Waals surface area (Å²) in [5.41, 5.74) is 2.70. The normalized spacial score (nSPS) is 10.4. The van der Waals surface area contributed by atoms with Crippen LogP contribution in [-0.4, -0.2) is 21.0 Å². The third-order valence-corrected chi connectivity index (χ3v) is 3.66. The van der Waals surface area contributed by atoms with Gasteiger partial charge in [0.1, 0.15) is 5.01 Å². The van der Waals surface area contributed by atoms with Crippen LogP contribution in [0, 0.1) is 0 Å². The van der Waals surface area contributed by atoms with Gasteiger partial charge in [0, 0.05) is 17.1 Å². The second-order valence-electron chi connectivity index (χ2n) is 4.14. The zero-order valence-electron chi connectivity index (χ0n) is 10.4. The van der Waals surface area contributed by atoms with Crippen molar-refractivity contribution >= 4 is 17.3 Å². The molecule has 0 aliphatic carbocycles. The van der Waals surface area contributed by atoms with Crippen molar-refractivity contribution in [2.45, 2.75) is 0 Å². The maximum atomic E-state index is 11.0. The van der Waals surface area contributed by atoms with Crippen molar-refractivity contribution in [2.24, 2.45) is 0 Å². The lowest BCUT2D eigenvalue weighted by molar-refractivity contribution is 0.0697. The van der Waals surface area contributed by atoms with Gasteiger partial charge < -0.3 is 5.11 Å². The van der Waals surface area contributed by atoms with Crippen molar-refractivity contribution in [3.05, 3.63) is 59.6 Å². The highest BCUT2D eigenvalue weighted by atomic mass is 32.1. The summed E-state index contributed by atoms with van der Waals surface area (Å²) in [5.74, 6) is -0.964. The minimum Gasteiger partial charge on any atom is -0.478 e. The van der Waals surface area contributed by atoms with E-state index in [0.717, 1.165) is 11.3 Å². The Kier molecular flexibility index (Phi) is 3.26. The van der Waals surface area contributed by atoms with Crippen LogP contribution >= 0.6 is 11.3 Å². The molecular weight excluding hydrogens is 272 g/mol. The molecule has 1 aromatic carbocycles. The van der Waals surface area contributed by atoms with E-state index in [0.29, 0.717) is 10.7 Å².